The highest BCUT2D eigenvalue weighted by atomic mass is 32.2. The average Bonchev–Trinajstić information content (AvgIpc) is 3.05. The van der Waals surface area contributed by atoms with Gasteiger partial charge in [0, 0.05) is 49.3 Å². The molecule has 2 aromatic rings. The van der Waals surface area contributed by atoms with Gasteiger partial charge >= 0.3 is 6.09 Å². The summed E-state index contributed by atoms with van der Waals surface area (Å²) in [4.78, 5) is 40.6. The van der Waals surface area contributed by atoms with Crippen molar-refractivity contribution in [1.82, 2.24) is 19.8 Å². The SMILES string of the molecule is CN1CCN(C(=O)OC2C3SCCSC3C(=O)N2c2ccc3cccnc3n2)CC1. The third kappa shape index (κ3) is 3.61. The molecule has 30 heavy (non-hydrogen) atoms. The second-order valence-corrected chi connectivity index (χ2v) is 10.2. The highest BCUT2D eigenvalue weighted by molar-refractivity contribution is 8.07. The number of hydrogen-bond donors (Lipinski definition) is 0. The maximum absolute atomic E-state index is 13.3. The van der Waals surface area contributed by atoms with Gasteiger partial charge in [0.05, 0.1) is 5.25 Å². The zero-order valence-electron chi connectivity index (χ0n) is 16.6. The van der Waals surface area contributed by atoms with E-state index in [1.807, 2.05) is 31.3 Å². The Labute approximate surface area is 183 Å². The zero-order valence-corrected chi connectivity index (χ0v) is 18.3. The Hall–Kier alpha value is -2.04. The van der Waals surface area contributed by atoms with E-state index in [9.17, 15) is 9.59 Å². The predicted octanol–water partition coefficient (Wildman–Crippen LogP) is 1.90. The van der Waals surface area contributed by atoms with Crippen molar-refractivity contribution in [1.29, 1.82) is 0 Å². The maximum Gasteiger partial charge on any atom is 0.411 e. The van der Waals surface area contributed by atoms with E-state index in [0.29, 0.717) is 24.6 Å². The minimum atomic E-state index is -0.666. The lowest BCUT2D eigenvalue weighted by Gasteiger charge is -2.34. The van der Waals surface area contributed by atoms with Crippen LogP contribution in [0.2, 0.25) is 0 Å². The minimum absolute atomic E-state index is 0.0452. The molecule has 10 heteroatoms. The van der Waals surface area contributed by atoms with Crippen LogP contribution >= 0.6 is 23.5 Å². The number of piperazine rings is 1. The topological polar surface area (TPSA) is 78.9 Å². The number of amides is 2. The van der Waals surface area contributed by atoms with Gasteiger partial charge in [-0.05, 0) is 31.3 Å². The number of pyridine rings is 2. The lowest BCUT2D eigenvalue weighted by molar-refractivity contribution is -0.117. The van der Waals surface area contributed by atoms with Gasteiger partial charge in [-0.25, -0.2) is 14.8 Å². The predicted molar refractivity (Wildman–Crippen MR) is 119 cm³/mol. The Morgan fingerprint density at radius 1 is 1.13 bits per heavy atom. The van der Waals surface area contributed by atoms with E-state index >= 15 is 0 Å². The van der Waals surface area contributed by atoms with Crippen molar-refractivity contribution in [2.45, 2.75) is 16.7 Å². The Bertz CT molecular complexity index is 968. The molecule has 3 saturated heterocycles. The molecule has 3 aliphatic rings. The lowest BCUT2D eigenvalue weighted by atomic mass is 10.3. The van der Waals surface area contributed by atoms with Crippen molar-refractivity contribution in [3.63, 3.8) is 0 Å². The first-order chi connectivity index (χ1) is 14.6. The third-order valence-corrected chi connectivity index (χ3v) is 8.74. The van der Waals surface area contributed by atoms with Gasteiger partial charge in [0.1, 0.15) is 11.1 Å². The molecule has 3 atom stereocenters. The van der Waals surface area contributed by atoms with E-state index in [2.05, 4.69) is 14.9 Å². The standard InChI is InChI=1S/C20H23N5O3S2/c1-23-7-9-24(10-8-23)20(27)28-19-16-15(29-11-12-30-16)18(26)25(19)14-5-4-13-3-2-6-21-17(13)22-14/h2-6,15-16,19H,7-12H2,1H3. The summed E-state index contributed by atoms with van der Waals surface area (Å²) < 4.78 is 5.98. The number of rotatable bonds is 2. The van der Waals surface area contributed by atoms with Gasteiger partial charge in [-0.15, -0.1) is 11.8 Å². The van der Waals surface area contributed by atoms with E-state index in [4.69, 9.17) is 4.74 Å². The smallest absolute Gasteiger partial charge is 0.411 e. The van der Waals surface area contributed by atoms with Gasteiger partial charge in [0.25, 0.3) is 0 Å². The van der Waals surface area contributed by atoms with E-state index in [1.165, 1.54) is 0 Å². The molecule has 5 rings (SSSR count). The van der Waals surface area contributed by atoms with Crippen LogP contribution in [0.15, 0.2) is 30.5 Å². The molecule has 0 aromatic carbocycles. The molecule has 0 saturated carbocycles. The van der Waals surface area contributed by atoms with Crippen LogP contribution in [0.4, 0.5) is 10.6 Å². The van der Waals surface area contributed by atoms with Gasteiger partial charge in [-0.2, -0.15) is 11.8 Å². The van der Waals surface area contributed by atoms with Crippen LogP contribution in [0, 0.1) is 0 Å². The van der Waals surface area contributed by atoms with Gasteiger partial charge < -0.3 is 14.5 Å². The molecule has 5 heterocycles. The van der Waals surface area contributed by atoms with Crippen molar-refractivity contribution in [2.24, 2.45) is 0 Å². The van der Waals surface area contributed by atoms with E-state index < -0.39 is 6.23 Å². The number of anilines is 1. The molecule has 2 aromatic heterocycles. The Balaban J connectivity index is 1.45. The van der Waals surface area contributed by atoms with Crippen molar-refractivity contribution >= 4 is 52.4 Å². The van der Waals surface area contributed by atoms with Crippen LogP contribution in [-0.4, -0.2) is 93.2 Å². The lowest BCUT2D eigenvalue weighted by Crippen LogP contribution is -2.50. The van der Waals surface area contributed by atoms with Crippen molar-refractivity contribution < 1.29 is 14.3 Å². The molecule has 3 fully saturated rings. The van der Waals surface area contributed by atoms with Gasteiger partial charge in [0.15, 0.2) is 11.9 Å². The summed E-state index contributed by atoms with van der Waals surface area (Å²) in [5.41, 5.74) is 0.571. The average molecular weight is 446 g/mol. The molecule has 0 radical (unpaired) electrons. The fraction of sp³-hybridized carbons (Fsp3) is 0.500. The van der Waals surface area contributed by atoms with Crippen LogP contribution < -0.4 is 4.90 Å². The number of thioether (sulfide) groups is 2. The second-order valence-electron chi connectivity index (χ2n) is 7.62. The maximum atomic E-state index is 13.3. The number of likely N-dealkylation sites (N-methyl/N-ethyl adjacent to an activating group) is 1. The summed E-state index contributed by atoms with van der Waals surface area (Å²) >= 11 is 3.35. The highest BCUT2D eigenvalue weighted by Gasteiger charge is 2.53. The second kappa shape index (κ2) is 8.24. The summed E-state index contributed by atoms with van der Waals surface area (Å²) in [6.07, 6.45) is 0.657. The molecule has 3 aliphatic heterocycles. The number of fused-ring (bicyclic) bond motifs is 2. The molecule has 2 amide bonds. The molecule has 3 unspecified atom stereocenters. The molecular weight excluding hydrogens is 422 g/mol. The highest BCUT2D eigenvalue weighted by Crippen LogP contribution is 2.43. The van der Waals surface area contributed by atoms with E-state index in [1.54, 1.807) is 39.5 Å². The monoisotopic (exact) mass is 445 g/mol. The molecule has 8 nitrogen and oxygen atoms in total. The molecule has 0 spiro atoms. The number of carbonyl (C=O) groups is 2. The van der Waals surface area contributed by atoms with Crippen LogP contribution in [0.5, 0.6) is 0 Å². The number of aromatic nitrogens is 2. The van der Waals surface area contributed by atoms with Gasteiger partial charge in [-0.3, -0.25) is 9.69 Å². The van der Waals surface area contributed by atoms with E-state index in [-0.39, 0.29) is 22.5 Å². The summed E-state index contributed by atoms with van der Waals surface area (Å²) in [7, 11) is 2.04. The first-order valence-electron chi connectivity index (χ1n) is 10.0. The Morgan fingerprint density at radius 2 is 1.93 bits per heavy atom. The number of hydrogen-bond acceptors (Lipinski definition) is 8. The van der Waals surface area contributed by atoms with Crippen LogP contribution in [-0.2, 0) is 9.53 Å². The summed E-state index contributed by atoms with van der Waals surface area (Å²) in [6, 6.07) is 7.50. The third-order valence-electron chi connectivity index (χ3n) is 5.68. The zero-order chi connectivity index (χ0) is 20.7. The van der Waals surface area contributed by atoms with Gasteiger partial charge in [-0.1, -0.05) is 0 Å². The fourth-order valence-corrected chi connectivity index (χ4v) is 6.98. The first-order valence-corrected chi connectivity index (χ1v) is 12.1. The van der Waals surface area contributed by atoms with Crippen molar-refractivity contribution in [3.05, 3.63) is 30.5 Å². The summed E-state index contributed by atoms with van der Waals surface area (Å²) in [5, 5.41) is 0.573. The molecule has 0 bridgehead atoms. The normalized spacial score (nSPS) is 27.4. The Morgan fingerprint density at radius 3 is 2.77 bits per heavy atom. The van der Waals surface area contributed by atoms with Crippen molar-refractivity contribution in [2.75, 3.05) is 49.6 Å². The molecular formula is C20H23N5O3S2. The number of carbonyl (C=O) groups excluding carboxylic acids is 2. The number of nitrogens with zero attached hydrogens (tertiary/aromatic N) is 5. The summed E-state index contributed by atoms with van der Waals surface area (Å²) in [5.74, 6) is 2.29. The van der Waals surface area contributed by atoms with Crippen molar-refractivity contribution in [3.8, 4) is 0 Å². The first kappa shape index (κ1) is 19.9. The quantitative estimate of drug-likeness (QED) is 0.694. The van der Waals surface area contributed by atoms with Crippen LogP contribution in [0.25, 0.3) is 11.0 Å². The largest absolute Gasteiger partial charge is 0.423 e. The van der Waals surface area contributed by atoms with Gasteiger partial charge in [0.2, 0.25) is 5.91 Å². The van der Waals surface area contributed by atoms with Crippen LogP contribution in [0.3, 0.4) is 0 Å². The molecule has 0 aliphatic carbocycles. The summed E-state index contributed by atoms with van der Waals surface area (Å²) in [6.45, 7) is 2.89. The molecule has 158 valence electrons. The van der Waals surface area contributed by atoms with E-state index in [0.717, 1.165) is 30.0 Å². The molecule has 0 N–H and O–H groups in total. The minimum Gasteiger partial charge on any atom is -0.423 e. The number of ether oxygens (including phenoxy) is 1. The fourth-order valence-electron chi connectivity index (χ4n) is 4.00. The Kier molecular flexibility index (Phi) is 5.46. The van der Waals surface area contributed by atoms with Crippen LogP contribution in [0.1, 0.15) is 0 Å².